The molecule has 0 unspecified atom stereocenters. The quantitative estimate of drug-likeness (QED) is 0.741. The van der Waals surface area contributed by atoms with Crippen molar-refractivity contribution in [3.05, 3.63) is 58.7 Å². The van der Waals surface area contributed by atoms with Gasteiger partial charge in [0.25, 0.3) is 5.91 Å². The number of thiocarbonyl (C=S) groups is 1. The highest BCUT2D eigenvalue weighted by Gasteiger charge is 2.29. The maximum absolute atomic E-state index is 12.0. The first-order valence-electron chi connectivity index (χ1n) is 7.09. The topological polar surface area (TPSA) is 60.2 Å². The Kier molecular flexibility index (Phi) is 3.08. The van der Waals surface area contributed by atoms with Crippen LogP contribution in [0.2, 0.25) is 0 Å². The van der Waals surface area contributed by atoms with Crippen LogP contribution in [0.3, 0.4) is 0 Å². The number of nitrogens with one attached hydrogen (secondary N) is 3. The number of nitrogens with zero attached hydrogens (tertiary/aromatic N) is 1. The van der Waals surface area contributed by atoms with Crippen molar-refractivity contribution in [2.24, 2.45) is 0 Å². The third-order valence-electron chi connectivity index (χ3n) is 4.16. The van der Waals surface area contributed by atoms with Crippen molar-refractivity contribution >= 4 is 28.8 Å². The highest BCUT2D eigenvalue weighted by molar-refractivity contribution is 7.78. The zero-order valence-electron chi connectivity index (χ0n) is 11.8. The second-order valence-electron chi connectivity index (χ2n) is 5.39. The Bertz CT molecular complexity index is 819. The molecule has 2 aromatic rings. The lowest BCUT2D eigenvalue weighted by atomic mass is 10.0. The summed E-state index contributed by atoms with van der Waals surface area (Å²) in [6.45, 7) is 2.43. The molecule has 0 spiro atoms. The molecule has 2 aliphatic heterocycles. The minimum Gasteiger partial charge on any atom is -0.355 e. The molecule has 0 saturated heterocycles. The maximum atomic E-state index is 12.0. The average Bonchev–Trinajstić information content (AvgIpc) is 3.18. The Labute approximate surface area is 133 Å². The molecule has 0 aliphatic carbocycles. The first-order chi connectivity index (χ1) is 10.8. The highest BCUT2D eigenvalue weighted by atomic mass is 32.1. The van der Waals surface area contributed by atoms with Crippen molar-refractivity contribution in [2.75, 3.05) is 4.90 Å². The molecule has 1 amide bonds. The number of H-pyrrole nitrogens is 1. The summed E-state index contributed by atoms with van der Waals surface area (Å²) in [7, 11) is 0. The number of carbonyl (C=O) groups is 1. The van der Waals surface area contributed by atoms with Crippen molar-refractivity contribution in [3.63, 3.8) is 0 Å². The van der Waals surface area contributed by atoms with Crippen LogP contribution in [0.5, 0.6) is 0 Å². The van der Waals surface area contributed by atoms with Gasteiger partial charge >= 0.3 is 0 Å². The standard InChI is InChI=1S/C16H14N4OS/c21-16-15-13(4-5-18-15)20(14(9-22)19-16)8-11-3-1-2-10-6-17-7-12(10)11/h1-5,17-18H,6-8H2,(H,19,21). The van der Waals surface area contributed by atoms with Gasteiger partial charge in [-0.15, -0.1) is 0 Å². The van der Waals surface area contributed by atoms with Gasteiger partial charge in [-0.25, -0.2) is 0 Å². The number of rotatable bonds is 2. The normalized spacial score (nSPS) is 16.1. The summed E-state index contributed by atoms with van der Waals surface area (Å²) in [6.07, 6.45) is 1.76. The number of anilines is 1. The largest absolute Gasteiger partial charge is 0.355 e. The van der Waals surface area contributed by atoms with Crippen LogP contribution < -0.4 is 15.5 Å². The summed E-state index contributed by atoms with van der Waals surface area (Å²) in [5.41, 5.74) is 5.29. The molecule has 2 aliphatic rings. The number of fused-ring (bicyclic) bond motifs is 2. The Balaban J connectivity index is 1.76. The molecule has 0 saturated carbocycles. The minimum atomic E-state index is -0.177. The maximum Gasteiger partial charge on any atom is 0.275 e. The van der Waals surface area contributed by atoms with E-state index in [0.717, 1.165) is 18.8 Å². The van der Waals surface area contributed by atoms with Crippen LogP contribution in [-0.4, -0.2) is 15.9 Å². The second kappa shape index (κ2) is 5.10. The van der Waals surface area contributed by atoms with E-state index in [-0.39, 0.29) is 5.91 Å². The van der Waals surface area contributed by atoms with Crippen LogP contribution in [-0.2, 0) is 19.6 Å². The third-order valence-corrected chi connectivity index (χ3v) is 4.35. The van der Waals surface area contributed by atoms with Gasteiger partial charge in [0.2, 0.25) is 0 Å². The first kappa shape index (κ1) is 13.3. The lowest BCUT2D eigenvalue weighted by molar-refractivity contribution is 0.0957. The van der Waals surface area contributed by atoms with Gasteiger partial charge in [-0.1, -0.05) is 18.2 Å². The molecule has 3 N–H and O–H groups in total. The number of hydrogen-bond acceptors (Lipinski definition) is 4. The molecular weight excluding hydrogens is 296 g/mol. The molecule has 1 aromatic carbocycles. The SMILES string of the molecule is O=C1NC(=C=S)N(Cc2cccc3c2CNC3)c2cc[nH]c21. The Morgan fingerprint density at radius 2 is 2.18 bits per heavy atom. The van der Waals surface area contributed by atoms with E-state index in [1.165, 1.54) is 16.7 Å². The lowest BCUT2D eigenvalue weighted by Crippen LogP contribution is -2.41. The van der Waals surface area contributed by atoms with Crippen molar-refractivity contribution in [1.82, 2.24) is 15.6 Å². The van der Waals surface area contributed by atoms with Crippen LogP contribution in [0.25, 0.3) is 0 Å². The summed E-state index contributed by atoms with van der Waals surface area (Å²) in [4.78, 5) is 17.0. The number of carbonyl (C=O) groups excluding carboxylic acids is 1. The van der Waals surface area contributed by atoms with Gasteiger partial charge in [-0.2, -0.15) is 0 Å². The molecule has 110 valence electrons. The highest BCUT2D eigenvalue weighted by Crippen LogP contribution is 2.30. The van der Waals surface area contributed by atoms with Crippen molar-refractivity contribution in [2.45, 2.75) is 19.6 Å². The molecule has 0 atom stereocenters. The van der Waals surface area contributed by atoms with Crippen molar-refractivity contribution in [1.29, 1.82) is 0 Å². The molecule has 1 aromatic heterocycles. The van der Waals surface area contributed by atoms with E-state index >= 15 is 0 Å². The van der Waals surface area contributed by atoms with Crippen LogP contribution in [0.4, 0.5) is 5.69 Å². The van der Waals surface area contributed by atoms with Gasteiger partial charge in [0.05, 0.1) is 12.2 Å². The van der Waals surface area contributed by atoms with Gasteiger partial charge in [-0.05, 0) is 40.0 Å². The van der Waals surface area contributed by atoms with Crippen LogP contribution in [0.1, 0.15) is 27.2 Å². The van der Waals surface area contributed by atoms with E-state index in [1.54, 1.807) is 6.20 Å². The number of benzene rings is 1. The monoisotopic (exact) mass is 310 g/mol. The van der Waals surface area contributed by atoms with E-state index in [4.69, 9.17) is 12.2 Å². The fourth-order valence-electron chi connectivity index (χ4n) is 3.09. The number of aromatic nitrogens is 1. The zero-order valence-corrected chi connectivity index (χ0v) is 12.6. The molecule has 0 fully saturated rings. The molecule has 0 radical (unpaired) electrons. The molecule has 6 heteroatoms. The minimum absolute atomic E-state index is 0.177. The average molecular weight is 310 g/mol. The molecule has 4 rings (SSSR count). The van der Waals surface area contributed by atoms with Crippen LogP contribution in [0, 0.1) is 0 Å². The van der Waals surface area contributed by atoms with Gasteiger partial charge in [0.1, 0.15) is 5.69 Å². The summed E-state index contributed by atoms with van der Waals surface area (Å²) in [5.74, 6) is 0.346. The summed E-state index contributed by atoms with van der Waals surface area (Å²) in [5, 5.41) is 8.83. The van der Waals surface area contributed by atoms with Crippen LogP contribution >= 0.6 is 12.2 Å². The Morgan fingerprint density at radius 1 is 1.27 bits per heavy atom. The molecular formula is C16H14N4OS. The van der Waals surface area contributed by atoms with E-state index in [2.05, 4.69) is 38.8 Å². The van der Waals surface area contributed by atoms with E-state index in [9.17, 15) is 4.79 Å². The second-order valence-corrected chi connectivity index (χ2v) is 5.59. The molecule has 22 heavy (non-hydrogen) atoms. The van der Waals surface area contributed by atoms with Crippen molar-refractivity contribution in [3.8, 4) is 0 Å². The number of hydrogen-bond donors (Lipinski definition) is 3. The Hall–Kier alpha value is -2.40. The van der Waals surface area contributed by atoms with E-state index in [1.807, 2.05) is 11.0 Å². The summed E-state index contributed by atoms with van der Waals surface area (Å²) >= 11 is 4.95. The number of amides is 1. The van der Waals surface area contributed by atoms with Gasteiger partial charge in [0.15, 0.2) is 5.82 Å². The fourth-order valence-corrected chi connectivity index (χ4v) is 3.25. The first-order valence-corrected chi connectivity index (χ1v) is 7.50. The van der Waals surface area contributed by atoms with E-state index in [0.29, 0.717) is 18.1 Å². The van der Waals surface area contributed by atoms with Crippen molar-refractivity contribution < 1.29 is 4.79 Å². The van der Waals surface area contributed by atoms with Crippen LogP contribution in [0.15, 0.2) is 36.3 Å². The molecule has 5 nitrogen and oxygen atoms in total. The van der Waals surface area contributed by atoms with Gasteiger partial charge in [-0.3, -0.25) is 10.1 Å². The predicted molar refractivity (Wildman–Crippen MR) is 87.5 cm³/mol. The number of aromatic amines is 1. The smallest absolute Gasteiger partial charge is 0.275 e. The Morgan fingerprint density at radius 3 is 3.05 bits per heavy atom. The van der Waals surface area contributed by atoms with Gasteiger partial charge < -0.3 is 15.2 Å². The fraction of sp³-hybridized carbons (Fsp3) is 0.188. The van der Waals surface area contributed by atoms with Gasteiger partial charge in [0, 0.05) is 19.3 Å². The lowest BCUT2D eigenvalue weighted by Gasteiger charge is -2.30. The predicted octanol–water partition coefficient (Wildman–Crippen LogP) is 1.81. The summed E-state index contributed by atoms with van der Waals surface area (Å²) in [6, 6.07) is 8.23. The summed E-state index contributed by atoms with van der Waals surface area (Å²) < 4.78 is 0. The zero-order chi connectivity index (χ0) is 15.1. The third kappa shape index (κ3) is 1.97. The molecule has 0 bridgehead atoms. The van der Waals surface area contributed by atoms with E-state index < -0.39 is 0 Å². The molecule has 3 heterocycles.